The highest BCUT2D eigenvalue weighted by atomic mass is 14.1. The lowest BCUT2D eigenvalue weighted by Crippen LogP contribution is -2.07. The second-order valence-electron chi connectivity index (χ2n) is 4.20. The minimum Gasteiger partial charge on any atom is -0.0651 e. The van der Waals surface area contributed by atoms with Gasteiger partial charge in [0.1, 0.15) is 0 Å². The largest absolute Gasteiger partial charge is 0.0651 e. The fourth-order valence-corrected chi connectivity index (χ4v) is 1.83. The smallest absolute Gasteiger partial charge is 0.0391 e. The van der Waals surface area contributed by atoms with Crippen LogP contribution in [0.25, 0.3) is 0 Å². The van der Waals surface area contributed by atoms with Gasteiger partial charge in [0, 0.05) is 0 Å². The van der Waals surface area contributed by atoms with E-state index in [-0.39, 0.29) is 0 Å². The standard InChI is InChI=1S/C13H26/c1-5-7-8-9-10-11-13(6-2)12(3)4/h12-13H,1,3,5-11H2,2,4H3. The lowest BCUT2D eigenvalue weighted by molar-refractivity contribution is 0.361. The van der Waals surface area contributed by atoms with Crippen LogP contribution in [0.3, 0.4) is 0 Å². The van der Waals surface area contributed by atoms with Crippen LogP contribution in [0.4, 0.5) is 0 Å². The second kappa shape index (κ2) is 8.59. The van der Waals surface area contributed by atoms with E-state index in [4.69, 9.17) is 0 Å². The molecule has 0 bridgehead atoms. The molecule has 0 N–H and O–H groups in total. The Kier molecular flexibility index (Phi) is 8.59. The first-order valence-electron chi connectivity index (χ1n) is 5.84. The van der Waals surface area contributed by atoms with E-state index in [1.165, 1.54) is 38.5 Å². The first-order chi connectivity index (χ1) is 6.22. The summed E-state index contributed by atoms with van der Waals surface area (Å²) >= 11 is 0. The molecule has 0 aromatic rings. The van der Waals surface area contributed by atoms with E-state index in [0.29, 0.717) is 5.92 Å². The zero-order valence-corrected chi connectivity index (χ0v) is 9.52. The van der Waals surface area contributed by atoms with Gasteiger partial charge in [-0.3, -0.25) is 0 Å². The molecular weight excluding hydrogens is 156 g/mol. The van der Waals surface area contributed by atoms with Crippen LogP contribution in [0, 0.1) is 25.7 Å². The molecule has 0 fully saturated rings. The Labute approximate surface area is 85.1 Å². The number of hydrogen-bond acceptors (Lipinski definition) is 0. The van der Waals surface area contributed by atoms with Crippen molar-refractivity contribution in [1.82, 2.24) is 0 Å². The number of unbranched alkanes of at least 4 members (excludes halogenated alkanes) is 4. The molecule has 0 heterocycles. The maximum atomic E-state index is 4.11. The summed E-state index contributed by atoms with van der Waals surface area (Å²) in [6.45, 7) is 12.5. The molecule has 0 nitrogen and oxygen atoms in total. The zero-order chi connectivity index (χ0) is 10.1. The van der Waals surface area contributed by atoms with Gasteiger partial charge < -0.3 is 0 Å². The van der Waals surface area contributed by atoms with E-state index < -0.39 is 0 Å². The van der Waals surface area contributed by atoms with Crippen molar-refractivity contribution in [2.45, 2.75) is 58.8 Å². The van der Waals surface area contributed by atoms with Crippen molar-refractivity contribution in [1.29, 1.82) is 0 Å². The van der Waals surface area contributed by atoms with Gasteiger partial charge in [-0.1, -0.05) is 72.6 Å². The Morgan fingerprint density at radius 3 is 2.15 bits per heavy atom. The Morgan fingerprint density at radius 1 is 1.08 bits per heavy atom. The summed E-state index contributed by atoms with van der Waals surface area (Å²) in [5, 5.41) is 0. The van der Waals surface area contributed by atoms with Gasteiger partial charge in [0.25, 0.3) is 0 Å². The van der Waals surface area contributed by atoms with E-state index in [2.05, 4.69) is 27.7 Å². The van der Waals surface area contributed by atoms with Gasteiger partial charge in [-0.25, -0.2) is 0 Å². The Bertz CT molecular complexity index is 94.2. The fraction of sp³-hybridized carbons (Fsp3) is 0.846. The van der Waals surface area contributed by atoms with Gasteiger partial charge in [0.2, 0.25) is 0 Å². The maximum Gasteiger partial charge on any atom is -0.0391 e. The van der Waals surface area contributed by atoms with Crippen LogP contribution < -0.4 is 0 Å². The predicted molar refractivity (Wildman–Crippen MR) is 61.4 cm³/mol. The Hall–Kier alpha value is 0. The van der Waals surface area contributed by atoms with Gasteiger partial charge in [-0.15, -0.1) is 0 Å². The van der Waals surface area contributed by atoms with Crippen molar-refractivity contribution in [2.75, 3.05) is 0 Å². The third-order valence-corrected chi connectivity index (χ3v) is 2.90. The van der Waals surface area contributed by atoms with Crippen LogP contribution in [-0.4, -0.2) is 0 Å². The third kappa shape index (κ3) is 7.10. The quantitative estimate of drug-likeness (QED) is 0.479. The third-order valence-electron chi connectivity index (χ3n) is 2.90. The van der Waals surface area contributed by atoms with Crippen LogP contribution in [-0.2, 0) is 0 Å². The molecule has 2 radical (unpaired) electrons. The first-order valence-corrected chi connectivity index (χ1v) is 5.84. The van der Waals surface area contributed by atoms with E-state index in [0.717, 1.165) is 12.3 Å². The molecule has 0 aliphatic carbocycles. The molecule has 0 saturated heterocycles. The summed E-state index contributed by atoms with van der Waals surface area (Å²) < 4.78 is 0. The number of hydrogen-bond donors (Lipinski definition) is 0. The van der Waals surface area contributed by atoms with Crippen molar-refractivity contribution in [2.24, 2.45) is 11.8 Å². The summed E-state index contributed by atoms with van der Waals surface area (Å²) in [5.74, 6) is 1.47. The average Bonchev–Trinajstić information content (AvgIpc) is 2.10. The van der Waals surface area contributed by atoms with Crippen LogP contribution >= 0.6 is 0 Å². The molecule has 0 amide bonds. The monoisotopic (exact) mass is 182 g/mol. The molecule has 2 atom stereocenters. The van der Waals surface area contributed by atoms with E-state index in [9.17, 15) is 0 Å². The highest BCUT2D eigenvalue weighted by Crippen LogP contribution is 2.21. The highest BCUT2D eigenvalue weighted by molar-refractivity contribution is 4.66. The van der Waals surface area contributed by atoms with Crippen LogP contribution in [0.1, 0.15) is 58.8 Å². The average molecular weight is 182 g/mol. The molecule has 0 saturated carbocycles. The lowest BCUT2D eigenvalue weighted by atomic mass is 9.88. The van der Waals surface area contributed by atoms with Crippen molar-refractivity contribution >= 4 is 0 Å². The summed E-state index contributed by atoms with van der Waals surface area (Å²) in [7, 11) is 0. The van der Waals surface area contributed by atoms with Crippen molar-refractivity contribution in [3.63, 3.8) is 0 Å². The minimum atomic E-state index is 0.623. The summed E-state index contributed by atoms with van der Waals surface area (Å²) in [6.07, 6.45) is 9.21. The SMILES string of the molecule is [CH2]CCCCCCC(CC)C([CH2])C. The van der Waals surface area contributed by atoms with E-state index >= 15 is 0 Å². The predicted octanol–water partition coefficient (Wildman–Crippen LogP) is 4.66. The van der Waals surface area contributed by atoms with Crippen LogP contribution in [0.5, 0.6) is 0 Å². The Morgan fingerprint density at radius 2 is 1.69 bits per heavy atom. The van der Waals surface area contributed by atoms with Crippen LogP contribution in [0.15, 0.2) is 0 Å². The van der Waals surface area contributed by atoms with E-state index in [1.807, 2.05) is 0 Å². The molecule has 0 spiro atoms. The summed E-state index contributed by atoms with van der Waals surface area (Å²) in [6, 6.07) is 0. The molecule has 0 aliphatic rings. The van der Waals surface area contributed by atoms with Crippen LogP contribution in [0.2, 0.25) is 0 Å². The molecule has 0 aromatic carbocycles. The summed E-state index contributed by atoms with van der Waals surface area (Å²) in [4.78, 5) is 0. The van der Waals surface area contributed by atoms with Gasteiger partial charge in [0.05, 0.1) is 0 Å². The van der Waals surface area contributed by atoms with Crippen molar-refractivity contribution < 1.29 is 0 Å². The first kappa shape index (κ1) is 13.0. The van der Waals surface area contributed by atoms with Crippen molar-refractivity contribution in [3.8, 4) is 0 Å². The summed E-state index contributed by atoms with van der Waals surface area (Å²) in [5.41, 5.74) is 0. The maximum absolute atomic E-state index is 4.11. The molecule has 0 heteroatoms. The second-order valence-corrected chi connectivity index (χ2v) is 4.20. The van der Waals surface area contributed by atoms with Crippen molar-refractivity contribution in [3.05, 3.63) is 13.8 Å². The van der Waals surface area contributed by atoms with Gasteiger partial charge >= 0.3 is 0 Å². The normalized spacial score (nSPS) is 13.6. The fourth-order valence-electron chi connectivity index (χ4n) is 1.83. The molecule has 0 rings (SSSR count). The lowest BCUT2D eigenvalue weighted by Gasteiger charge is -2.18. The number of rotatable bonds is 8. The molecule has 0 aromatic heterocycles. The Balaban J connectivity index is 3.28. The molecule has 2 unspecified atom stereocenters. The van der Waals surface area contributed by atoms with E-state index in [1.54, 1.807) is 0 Å². The van der Waals surface area contributed by atoms with Gasteiger partial charge in [-0.2, -0.15) is 0 Å². The highest BCUT2D eigenvalue weighted by Gasteiger charge is 2.09. The van der Waals surface area contributed by atoms with Gasteiger partial charge in [-0.05, 0) is 11.8 Å². The van der Waals surface area contributed by atoms with Gasteiger partial charge in [0.15, 0.2) is 0 Å². The molecular formula is C13H26. The topological polar surface area (TPSA) is 0 Å². The molecule has 13 heavy (non-hydrogen) atoms. The minimum absolute atomic E-state index is 0.623. The zero-order valence-electron chi connectivity index (χ0n) is 9.52. The molecule has 0 aliphatic heterocycles. The molecule has 78 valence electrons.